The Bertz CT molecular complexity index is 623. The fourth-order valence-electron chi connectivity index (χ4n) is 6.40. The van der Waals surface area contributed by atoms with Crippen LogP contribution in [0, 0.1) is 11.8 Å². The molecule has 6 rings (SSSR count). The van der Waals surface area contributed by atoms with Gasteiger partial charge in [0.15, 0.2) is 0 Å². The number of methoxy groups -OCH3 is 1. The van der Waals surface area contributed by atoms with Gasteiger partial charge in [0.1, 0.15) is 5.75 Å². The molecular weight excluding hydrogens is 302 g/mol. The van der Waals surface area contributed by atoms with Gasteiger partial charge in [-0.1, -0.05) is 12.1 Å². The van der Waals surface area contributed by atoms with Crippen LogP contribution in [0.1, 0.15) is 44.1 Å². The van der Waals surface area contributed by atoms with Gasteiger partial charge in [0, 0.05) is 5.54 Å². The third-order valence-corrected chi connectivity index (χ3v) is 6.87. The number of aliphatic hydroxyl groups is 1. The zero-order chi connectivity index (χ0) is 16.4. The first kappa shape index (κ1) is 15.2. The van der Waals surface area contributed by atoms with E-state index in [1.807, 2.05) is 12.1 Å². The van der Waals surface area contributed by atoms with E-state index in [0.717, 1.165) is 38.2 Å². The maximum atomic E-state index is 11.0. The molecule has 4 aliphatic carbocycles. The minimum Gasteiger partial charge on any atom is -0.497 e. The molecule has 0 spiro atoms. The molecule has 4 saturated carbocycles. The van der Waals surface area contributed by atoms with E-state index < -0.39 is 5.60 Å². The number of ether oxygens (including phenoxy) is 2. The van der Waals surface area contributed by atoms with Gasteiger partial charge in [-0.3, -0.25) is 5.32 Å². The summed E-state index contributed by atoms with van der Waals surface area (Å²) in [6.07, 6.45) is 6.67. The second-order valence-electron chi connectivity index (χ2n) is 8.89. The summed E-state index contributed by atoms with van der Waals surface area (Å²) in [4.78, 5) is 0. The first-order chi connectivity index (χ1) is 11.5. The van der Waals surface area contributed by atoms with Crippen LogP contribution < -0.4 is 10.1 Å². The molecule has 1 saturated heterocycles. The summed E-state index contributed by atoms with van der Waals surface area (Å²) in [7, 11) is 1.70. The fraction of sp³-hybridized carbons (Fsp3) is 0.700. The van der Waals surface area contributed by atoms with Crippen molar-refractivity contribution in [3.8, 4) is 5.75 Å². The van der Waals surface area contributed by atoms with E-state index in [2.05, 4.69) is 17.4 Å². The van der Waals surface area contributed by atoms with Crippen LogP contribution in [-0.2, 0) is 10.3 Å². The van der Waals surface area contributed by atoms with E-state index in [0.29, 0.717) is 11.8 Å². The molecular formula is C20H27NO3. The highest BCUT2D eigenvalue weighted by Gasteiger charge is 2.59. The van der Waals surface area contributed by atoms with Gasteiger partial charge < -0.3 is 14.6 Å². The van der Waals surface area contributed by atoms with Crippen molar-refractivity contribution in [2.24, 2.45) is 11.8 Å². The molecule has 1 heterocycles. The molecule has 24 heavy (non-hydrogen) atoms. The lowest BCUT2D eigenvalue weighted by molar-refractivity contribution is -0.170. The summed E-state index contributed by atoms with van der Waals surface area (Å²) >= 11 is 0. The summed E-state index contributed by atoms with van der Waals surface area (Å²) in [5.74, 6) is 2.27. The zero-order valence-electron chi connectivity index (χ0n) is 14.4. The van der Waals surface area contributed by atoms with Crippen molar-refractivity contribution in [3.05, 3.63) is 29.8 Å². The summed E-state index contributed by atoms with van der Waals surface area (Å²) in [6.45, 7) is 1.43. The van der Waals surface area contributed by atoms with Gasteiger partial charge in [-0.15, -0.1) is 0 Å². The molecule has 2 atom stereocenters. The average molecular weight is 329 g/mol. The third-order valence-electron chi connectivity index (χ3n) is 6.87. The summed E-state index contributed by atoms with van der Waals surface area (Å²) < 4.78 is 10.9. The number of rotatable bonds is 4. The van der Waals surface area contributed by atoms with Gasteiger partial charge in [-0.2, -0.15) is 0 Å². The molecule has 1 aromatic carbocycles. The lowest BCUT2D eigenvalue weighted by Gasteiger charge is -2.63. The first-order valence-electron chi connectivity index (χ1n) is 9.26. The Kier molecular flexibility index (Phi) is 3.14. The molecule has 2 unspecified atom stereocenters. The van der Waals surface area contributed by atoms with Crippen LogP contribution in [-0.4, -0.2) is 36.6 Å². The first-order valence-corrected chi connectivity index (χ1v) is 9.26. The second kappa shape index (κ2) is 4.96. The molecule has 4 heteroatoms. The summed E-state index contributed by atoms with van der Waals surface area (Å²) in [6, 6.07) is 8.38. The molecule has 5 fully saturated rings. The van der Waals surface area contributed by atoms with Crippen molar-refractivity contribution < 1.29 is 14.6 Å². The Hall–Kier alpha value is -1.10. The molecule has 4 nitrogen and oxygen atoms in total. The van der Waals surface area contributed by atoms with E-state index in [1.54, 1.807) is 7.11 Å². The fourth-order valence-corrected chi connectivity index (χ4v) is 6.40. The molecule has 1 aliphatic heterocycles. The molecule has 0 amide bonds. The minimum atomic E-state index is -0.428. The Morgan fingerprint density at radius 2 is 1.75 bits per heavy atom. The normalized spacial score (nSPS) is 41.9. The van der Waals surface area contributed by atoms with Gasteiger partial charge in [0.2, 0.25) is 0 Å². The maximum Gasteiger partial charge on any atom is 0.118 e. The van der Waals surface area contributed by atoms with Crippen molar-refractivity contribution in [2.45, 2.75) is 55.2 Å². The van der Waals surface area contributed by atoms with Crippen LogP contribution in [0.15, 0.2) is 24.3 Å². The van der Waals surface area contributed by atoms with E-state index >= 15 is 0 Å². The standard InChI is InChI=1S/C20H27NO3/c1-23-17-4-2-16(3-5-17)20(12-24-13-20)21-18-7-14-6-15(8-18)10-19(22,9-14)11-18/h2-5,14-15,21-22H,6-13H2,1H3. The number of hydrogen-bond donors (Lipinski definition) is 2. The topological polar surface area (TPSA) is 50.7 Å². The minimum absolute atomic E-state index is 0.0859. The van der Waals surface area contributed by atoms with Crippen molar-refractivity contribution >= 4 is 0 Å². The van der Waals surface area contributed by atoms with Crippen LogP contribution in [0.2, 0.25) is 0 Å². The largest absolute Gasteiger partial charge is 0.497 e. The summed E-state index contributed by atoms with van der Waals surface area (Å²) in [5, 5.41) is 15.0. The number of nitrogens with one attached hydrogen (secondary N) is 1. The molecule has 2 N–H and O–H groups in total. The van der Waals surface area contributed by atoms with Crippen LogP contribution in [0.5, 0.6) is 5.75 Å². The van der Waals surface area contributed by atoms with Crippen LogP contribution in [0.3, 0.4) is 0 Å². The monoisotopic (exact) mass is 329 g/mol. The molecule has 0 aromatic heterocycles. The van der Waals surface area contributed by atoms with E-state index in [4.69, 9.17) is 9.47 Å². The van der Waals surface area contributed by atoms with Gasteiger partial charge in [0.05, 0.1) is 31.5 Å². The van der Waals surface area contributed by atoms with Crippen LogP contribution >= 0.6 is 0 Å². The third kappa shape index (κ3) is 2.23. The quantitative estimate of drug-likeness (QED) is 0.891. The summed E-state index contributed by atoms with van der Waals surface area (Å²) in [5.41, 5.74) is 0.830. The average Bonchev–Trinajstić information content (AvgIpc) is 2.49. The second-order valence-corrected chi connectivity index (χ2v) is 8.89. The van der Waals surface area contributed by atoms with Crippen LogP contribution in [0.4, 0.5) is 0 Å². The Balaban J connectivity index is 1.44. The van der Waals surface area contributed by atoms with Gasteiger partial charge >= 0.3 is 0 Å². The lowest BCUT2D eigenvalue weighted by atomic mass is 9.50. The van der Waals surface area contributed by atoms with Gasteiger partial charge in [0.25, 0.3) is 0 Å². The molecule has 4 bridgehead atoms. The van der Waals surface area contributed by atoms with E-state index in [9.17, 15) is 5.11 Å². The van der Waals surface area contributed by atoms with Gasteiger partial charge in [-0.25, -0.2) is 0 Å². The van der Waals surface area contributed by atoms with Crippen molar-refractivity contribution in [1.29, 1.82) is 0 Å². The predicted octanol–water partition coefficient (Wildman–Crippen LogP) is 2.59. The van der Waals surface area contributed by atoms with E-state index in [1.165, 1.54) is 24.8 Å². The van der Waals surface area contributed by atoms with Crippen LogP contribution in [0.25, 0.3) is 0 Å². The predicted molar refractivity (Wildman–Crippen MR) is 91.0 cm³/mol. The van der Waals surface area contributed by atoms with Crippen molar-refractivity contribution in [3.63, 3.8) is 0 Å². The SMILES string of the molecule is COc1ccc(C2(NC34CC5CC(CC(O)(C5)C3)C4)COC2)cc1. The number of hydrogen-bond acceptors (Lipinski definition) is 4. The Morgan fingerprint density at radius 1 is 1.08 bits per heavy atom. The number of benzene rings is 1. The highest BCUT2D eigenvalue weighted by atomic mass is 16.5. The van der Waals surface area contributed by atoms with Crippen molar-refractivity contribution in [2.75, 3.05) is 20.3 Å². The Morgan fingerprint density at radius 3 is 2.25 bits per heavy atom. The highest BCUT2D eigenvalue weighted by molar-refractivity contribution is 5.34. The zero-order valence-corrected chi connectivity index (χ0v) is 14.4. The van der Waals surface area contributed by atoms with E-state index in [-0.39, 0.29) is 11.1 Å². The smallest absolute Gasteiger partial charge is 0.118 e. The van der Waals surface area contributed by atoms with Gasteiger partial charge in [-0.05, 0) is 68.1 Å². The molecule has 1 aromatic rings. The molecule has 0 radical (unpaired) electrons. The highest BCUT2D eigenvalue weighted by Crippen LogP contribution is 2.58. The maximum absolute atomic E-state index is 11.0. The molecule has 5 aliphatic rings. The Labute approximate surface area is 143 Å². The van der Waals surface area contributed by atoms with Crippen molar-refractivity contribution in [1.82, 2.24) is 5.32 Å². The molecule has 130 valence electrons. The lowest BCUT2D eigenvalue weighted by Crippen LogP contribution is -2.71.